The number of allylic oxidation sites excluding steroid dienone is 3. The van der Waals surface area contributed by atoms with Gasteiger partial charge in [0.05, 0.1) is 16.4 Å². The number of aromatic nitrogens is 2. The van der Waals surface area contributed by atoms with Crippen LogP contribution in [0.1, 0.15) is 34.6 Å². The number of carboxylic acid groups (broad SMARTS) is 1. The maximum atomic E-state index is 11.8. The van der Waals surface area contributed by atoms with E-state index in [0.717, 1.165) is 42.8 Å². The molecule has 9 nitrogen and oxygen atoms in total. The zero-order chi connectivity index (χ0) is 28.5. The minimum atomic E-state index is -5.08. The summed E-state index contributed by atoms with van der Waals surface area (Å²) >= 11 is 0. The van der Waals surface area contributed by atoms with Gasteiger partial charge in [0.1, 0.15) is 5.82 Å². The summed E-state index contributed by atoms with van der Waals surface area (Å²) in [5, 5.41) is 19.6. The van der Waals surface area contributed by atoms with Crippen LogP contribution >= 0.6 is 0 Å². The van der Waals surface area contributed by atoms with Crippen LogP contribution in [0.2, 0.25) is 0 Å². The molecule has 0 saturated carbocycles. The van der Waals surface area contributed by atoms with E-state index >= 15 is 0 Å². The lowest BCUT2D eigenvalue weighted by Gasteiger charge is -2.31. The van der Waals surface area contributed by atoms with Crippen molar-refractivity contribution in [3.05, 3.63) is 83.7 Å². The van der Waals surface area contributed by atoms with Gasteiger partial charge in [0.2, 0.25) is 0 Å². The number of nitrogens with one attached hydrogen (secondary N) is 3. The maximum Gasteiger partial charge on any atom is 0.490 e. The molecular formula is C27H29F3N4O5. The van der Waals surface area contributed by atoms with Gasteiger partial charge in [0, 0.05) is 25.8 Å². The Hall–Kier alpha value is -4.00. The predicted molar refractivity (Wildman–Crippen MR) is 138 cm³/mol. The Balaban J connectivity index is 0.000000532. The monoisotopic (exact) mass is 546 g/mol. The van der Waals surface area contributed by atoms with Crippen molar-refractivity contribution in [2.75, 3.05) is 26.8 Å². The van der Waals surface area contributed by atoms with Crippen LogP contribution in [-0.2, 0) is 14.9 Å². The molecule has 2 aromatic carbocycles. The van der Waals surface area contributed by atoms with Crippen molar-refractivity contribution < 1.29 is 37.8 Å². The lowest BCUT2D eigenvalue weighted by atomic mass is 9.78. The Morgan fingerprint density at radius 1 is 1.18 bits per heavy atom. The highest BCUT2D eigenvalue weighted by Gasteiger charge is 2.38. The van der Waals surface area contributed by atoms with Gasteiger partial charge in [-0.05, 0) is 48.7 Å². The van der Waals surface area contributed by atoms with Crippen LogP contribution in [0.4, 0.5) is 13.2 Å². The molecule has 0 radical (unpaired) electrons. The molecule has 12 heteroatoms. The van der Waals surface area contributed by atoms with Crippen molar-refractivity contribution in [1.29, 1.82) is 0 Å². The van der Waals surface area contributed by atoms with E-state index in [9.17, 15) is 18.0 Å². The Labute approximate surface area is 222 Å². The van der Waals surface area contributed by atoms with E-state index in [1.54, 1.807) is 30.8 Å². The van der Waals surface area contributed by atoms with Crippen LogP contribution in [0.15, 0.2) is 66.8 Å². The number of fused-ring (bicyclic) bond motifs is 1. The molecule has 4 rings (SSSR count). The fourth-order valence-electron chi connectivity index (χ4n) is 4.02. The van der Waals surface area contributed by atoms with E-state index in [1.807, 2.05) is 18.2 Å². The summed E-state index contributed by atoms with van der Waals surface area (Å²) in [4.78, 5) is 29.0. The summed E-state index contributed by atoms with van der Waals surface area (Å²) in [6.45, 7) is 2.28. The maximum absolute atomic E-state index is 11.8. The second-order valence-corrected chi connectivity index (χ2v) is 8.80. The number of hydrogen-bond acceptors (Lipinski definition) is 6. The number of halogens is 3. The second-order valence-electron chi connectivity index (χ2n) is 8.80. The first kappa shape index (κ1) is 29.6. The van der Waals surface area contributed by atoms with Gasteiger partial charge in [-0.25, -0.2) is 15.3 Å². The number of ether oxygens (including phenoxy) is 1. The third-order valence-electron chi connectivity index (χ3n) is 6.08. The van der Waals surface area contributed by atoms with Crippen molar-refractivity contribution >= 4 is 28.5 Å². The van der Waals surface area contributed by atoms with Gasteiger partial charge in [0.25, 0.3) is 5.91 Å². The summed E-state index contributed by atoms with van der Waals surface area (Å²) in [6.07, 6.45) is 3.27. The molecule has 5 N–H and O–H groups in total. The molecule has 0 fully saturated rings. The molecule has 1 aromatic heterocycles. The number of H-pyrrole nitrogens is 1. The van der Waals surface area contributed by atoms with Gasteiger partial charge >= 0.3 is 12.1 Å². The van der Waals surface area contributed by atoms with Crippen LogP contribution in [-0.4, -0.2) is 65.1 Å². The fourth-order valence-corrected chi connectivity index (χ4v) is 4.02. The molecule has 3 aromatic rings. The standard InChI is InChI=1S/C25H28N4O3.C2HF3O2/c1-32-15-5-14-26-17-25(12-10-19(11-13-25)18-6-3-2-4-7-18)24-27-21-9-8-20(23(30)29-31)16-22(21)28-24;3-2(4,5)1(6)7/h2-4,6-12,16,26,31H,5,13-15,17H2,1H3,(H,27,28)(H,29,30);(H,6,7). The first-order valence-electron chi connectivity index (χ1n) is 12.0. The Kier molecular flexibility index (Phi) is 9.99. The minimum Gasteiger partial charge on any atom is -0.475 e. The highest BCUT2D eigenvalue weighted by atomic mass is 19.4. The third-order valence-corrected chi connectivity index (χ3v) is 6.08. The number of amides is 1. The SMILES string of the molecule is COCCCNCC1(c2nc3ccc(C(=O)NO)cc3[nH]2)C=CC(c2ccccc2)=CC1.O=C(O)C(F)(F)F. The van der Waals surface area contributed by atoms with Crippen LogP contribution in [0.25, 0.3) is 16.6 Å². The molecular weight excluding hydrogens is 517 g/mol. The van der Waals surface area contributed by atoms with Gasteiger partial charge in [-0.1, -0.05) is 48.6 Å². The van der Waals surface area contributed by atoms with Crippen LogP contribution in [0, 0.1) is 0 Å². The number of imidazole rings is 1. The fraction of sp³-hybridized carbons (Fsp3) is 0.296. The molecule has 1 aliphatic carbocycles. The first-order valence-corrected chi connectivity index (χ1v) is 12.0. The van der Waals surface area contributed by atoms with Crippen molar-refractivity contribution in [2.45, 2.75) is 24.4 Å². The summed E-state index contributed by atoms with van der Waals surface area (Å²) < 4.78 is 36.9. The zero-order valence-electron chi connectivity index (χ0n) is 21.1. The molecule has 1 amide bonds. The molecule has 0 aliphatic heterocycles. The molecule has 1 atom stereocenters. The van der Waals surface area contributed by atoms with Crippen molar-refractivity contribution in [3.63, 3.8) is 0 Å². The quantitative estimate of drug-likeness (QED) is 0.154. The van der Waals surface area contributed by atoms with E-state index in [4.69, 9.17) is 24.8 Å². The number of rotatable bonds is 9. The van der Waals surface area contributed by atoms with Crippen molar-refractivity contribution in [2.24, 2.45) is 0 Å². The molecule has 1 aliphatic rings. The normalized spacial score (nSPS) is 16.8. The average molecular weight is 547 g/mol. The van der Waals surface area contributed by atoms with Gasteiger partial charge in [-0.3, -0.25) is 10.0 Å². The average Bonchev–Trinajstić information content (AvgIpc) is 3.37. The topological polar surface area (TPSA) is 137 Å². The number of methoxy groups -OCH3 is 1. The van der Waals surface area contributed by atoms with Crippen LogP contribution in [0.5, 0.6) is 0 Å². The molecule has 1 unspecified atom stereocenters. The highest BCUT2D eigenvalue weighted by Crippen LogP contribution is 2.36. The number of aliphatic carboxylic acids is 1. The number of benzene rings is 2. The summed E-state index contributed by atoms with van der Waals surface area (Å²) in [6, 6.07) is 15.5. The molecule has 0 bridgehead atoms. The predicted octanol–water partition coefficient (Wildman–Crippen LogP) is 4.22. The number of carbonyl (C=O) groups is 2. The third kappa shape index (κ3) is 7.76. The molecule has 208 valence electrons. The van der Waals surface area contributed by atoms with Gasteiger partial charge < -0.3 is 20.1 Å². The van der Waals surface area contributed by atoms with E-state index in [-0.39, 0.29) is 5.41 Å². The van der Waals surface area contributed by atoms with Gasteiger partial charge in [0.15, 0.2) is 0 Å². The molecule has 39 heavy (non-hydrogen) atoms. The Bertz CT molecular complexity index is 1340. The lowest BCUT2D eigenvalue weighted by molar-refractivity contribution is -0.192. The van der Waals surface area contributed by atoms with Crippen molar-refractivity contribution in [3.8, 4) is 0 Å². The number of hydrogen-bond donors (Lipinski definition) is 5. The van der Waals surface area contributed by atoms with Crippen LogP contribution < -0.4 is 10.8 Å². The zero-order valence-corrected chi connectivity index (χ0v) is 21.1. The second kappa shape index (κ2) is 13.2. The summed E-state index contributed by atoms with van der Waals surface area (Å²) in [7, 11) is 1.71. The number of hydroxylamine groups is 1. The van der Waals surface area contributed by atoms with E-state index < -0.39 is 18.1 Å². The van der Waals surface area contributed by atoms with Crippen molar-refractivity contribution in [1.82, 2.24) is 20.8 Å². The smallest absolute Gasteiger partial charge is 0.475 e. The summed E-state index contributed by atoms with van der Waals surface area (Å²) in [5.41, 5.74) is 5.62. The van der Waals surface area contributed by atoms with Gasteiger partial charge in [-0.15, -0.1) is 0 Å². The molecule has 1 heterocycles. The number of alkyl halides is 3. The Morgan fingerprint density at radius 3 is 2.49 bits per heavy atom. The number of nitrogens with zero attached hydrogens (tertiary/aromatic N) is 1. The molecule has 0 saturated heterocycles. The first-order chi connectivity index (χ1) is 18.6. The lowest BCUT2D eigenvalue weighted by Crippen LogP contribution is -2.38. The van der Waals surface area contributed by atoms with Crippen LogP contribution in [0.3, 0.4) is 0 Å². The van der Waals surface area contributed by atoms with E-state index in [0.29, 0.717) is 12.2 Å². The molecule has 0 spiro atoms. The largest absolute Gasteiger partial charge is 0.490 e. The number of aromatic amines is 1. The van der Waals surface area contributed by atoms with E-state index in [1.165, 1.54) is 11.1 Å². The van der Waals surface area contributed by atoms with E-state index in [2.05, 4.69) is 40.7 Å². The van der Waals surface area contributed by atoms with Gasteiger partial charge in [-0.2, -0.15) is 13.2 Å². The highest BCUT2D eigenvalue weighted by molar-refractivity contribution is 5.96. The number of carboxylic acids is 1. The Morgan fingerprint density at radius 2 is 1.90 bits per heavy atom. The minimum absolute atomic E-state index is 0.343. The number of carbonyl (C=O) groups excluding carboxylic acids is 1. The summed E-state index contributed by atoms with van der Waals surface area (Å²) in [5.74, 6) is -2.47.